The number of rotatable bonds is 4. The van der Waals surface area contributed by atoms with Crippen molar-refractivity contribution >= 4 is 24.3 Å². The molecule has 7 heteroatoms. The Morgan fingerprint density at radius 2 is 2.05 bits per heavy atom. The Kier molecular flexibility index (Phi) is 5.78. The van der Waals surface area contributed by atoms with Crippen molar-refractivity contribution in [1.82, 2.24) is 14.7 Å². The fourth-order valence-corrected chi connectivity index (χ4v) is 2.74. The van der Waals surface area contributed by atoms with E-state index in [-0.39, 0.29) is 18.3 Å². The van der Waals surface area contributed by atoms with E-state index in [1.807, 2.05) is 18.5 Å². The molecule has 0 bridgehead atoms. The van der Waals surface area contributed by atoms with Crippen molar-refractivity contribution in [3.8, 4) is 0 Å². The van der Waals surface area contributed by atoms with Gasteiger partial charge >= 0.3 is 5.97 Å². The van der Waals surface area contributed by atoms with E-state index in [9.17, 15) is 9.59 Å². The van der Waals surface area contributed by atoms with Gasteiger partial charge in [0.25, 0.3) is 5.91 Å². The number of hydrogen-bond acceptors (Lipinski definition) is 3. The van der Waals surface area contributed by atoms with Gasteiger partial charge in [-0.15, -0.1) is 12.4 Å². The van der Waals surface area contributed by atoms with E-state index in [2.05, 4.69) is 12.0 Å². The first-order valence-corrected chi connectivity index (χ1v) is 7.01. The van der Waals surface area contributed by atoms with E-state index in [0.29, 0.717) is 25.1 Å². The number of likely N-dealkylation sites (tertiary alicyclic amines) is 1. The number of halogens is 1. The molecule has 2 heterocycles. The van der Waals surface area contributed by atoms with Crippen LogP contribution in [0, 0.1) is 19.8 Å². The first-order chi connectivity index (χ1) is 9.45. The number of carbonyl (C=O) groups excluding carboxylic acids is 1. The summed E-state index contributed by atoms with van der Waals surface area (Å²) in [5, 5.41) is 13.4. The van der Waals surface area contributed by atoms with Crippen LogP contribution < -0.4 is 0 Å². The third-order valence-electron chi connectivity index (χ3n) is 3.86. The third-order valence-corrected chi connectivity index (χ3v) is 3.86. The first kappa shape index (κ1) is 17.5. The molecule has 1 saturated heterocycles. The van der Waals surface area contributed by atoms with Crippen LogP contribution in [-0.4, -0.2) is 44.8 Å². The van der Waals surface area contributed by atoms with E-state index in [1.165, 1.54) is 0 Å². The maximum Gasteiger partial charge on any atom is 0.308 e. The lowest BCUT2D eigenvalue weighted by Crippen LogP contribution is -2.30. The Morgan fingerprint density at radius 3 is 2.57 bits per heavy atom. The summed E-state index contributed by atoms with van der Waals surface area (Å²) < 4.78 is 1.85. The first-order valence-electron chi connectivity index (χ1n) is 7.01. The summed E-state index contributed by atoms with van der Waals surface area (Å²) in [6, 6.07) is 0. The van der Waals surface area contributed by atoms with Crippen molar-refractivity contribution < 1.29 is 14.7 Å². The van der Waals surface area contributed by atoms with Crippen molar-refractivity contribution in [2.75, 3.05) is 13.1 Å². The minimum absolute atomic E-state index is 0. The minimum Gasteiger partial charge on any atom is -0.481 e. The molecule has 21 heavy (non-hydrogen) atoms. The van der Waals surface area contributed by atoms with Gasteiger partial charge < -0.3 is 10.0 Å². The number of carboxylic acid groups (broad SMARTS) is 1. The topological polar surface area (TPSA) is 75.4 Å². The molecule has 2 rings (SSSR count). The van der Waals surface area contributed by atoms with Gasteiger partial charge in [0, 0.05) is 25.3 Å². The van der Waals surface area contributed by atoms with Crippen molar-refractivity contribution in [2.45, 2.75) is 40.2 Å². The number of nitrogens with zero attached hydrogens (tertiary/aromatic N) is 3. The molecule has 0 radical (unpaired) electrons. The summed E-state index contributed by atoms with van der Waals surface area (Å²) in [5.41, 5.74) is 2.22. The second-order valence-corrected chi connectivity index (χ2v) is 5.34. The second kappa shape index (κ2) is 6.93. The average Bonchev–Trinajstić information content (AvgIpc) is 2.96. The van der Waals surface area contributed by atoms with Gasteiger partial charge in [-0.2, -0.15) is 5.10 Å². The SMILES string of the molecule is CCCn1nc(C)c(C(=O)N2CCC(C(=O)O)C2)c1C.Cl. The molecule has 0 aliphatic carbocycles. The number of aryl methyl sites for hydroxylation is 2. The molecule has 1 aromatic rings. The van der Waals surface area contributed by atoms with Crippen molar-refractivity contribution in [3.05, 3.63) is 17.0 Å². The molecule has 1 aliphatic rings. The van der Waals surface area contributed by atoms with E-state index < -0.39 is 11.9 Å². The monoisotopic (exact) mass is 315 g/mol. The zero-order valence-corrected chi connectivity index (χ0v) is 13.4. The molecule has 1 unspecified atom stereocenters. The zero-order chi connectivity index (χ0) is 14.9. The Labute approximate surface area is 130 Å². The molecule has 0 aromatic carbocycles. The molecule has 1 aromatic heterocycles. The van der Waals surface area contributed by atoms with Crippen molar-refractivity contribution in [2.24, 2.45) is 5.92 Å². The van der Waals surface area contributed by atoms with Crippen LogP contribution in [0.1, 0.15) is 41.5 Å². The van der Waals surface area contributed by atoms with Crippen LogP contribution in [0.5, 0.6) is 0 Å². The highest BCUT2D eigenvalue weighted by Gasteiger charge is 2.33. The van der Waals surface area contributed by atoms with Crippen molar-refractivity contribution in [3.63, 3.8) is 0 Å². The van der Waals surface area contributed by atoms with Gasteiger partial charge in [-0.3, -0.25) is 14.3 Å². The van der Waals surface area contributed by atoms with Gasteiger partial charge in [0.1, 0.15) is 0 Å². The highest BCUT2D eigenvalue weighted by Crippen LogP contribution is 2.22. The van der Waals surface area contributed by atoms with Gasteiger partial charge in [0.2, 0.25) is 0 Å². The van der Waals surface area contributed by atoms with Gasteiger partial charge in [-0.1, -0.05) is 6.92 Å². The van der Waals surface area contributed by atoms with Gasteiger partial charge in [0.15, 0.2) is 0 Å². The van der Waals surface area contributed by atoms with Crippen LogP contribution >= 0.6 is 12.4 Å². The molecule has 1 N–H and O–H groups in total. The predicted molar refractivity (Wildman–Crippen MR) is 80.9 cm³/mol. The highest BCUT2D eigenvalue weighted by molar-refractivity contribution is 5.97. The minimum atomic E-state index is -0.824. The van der Waals surface area contributed by atoms with E-state index in [1.54, 1.807) is 4.90 Å². The average molecular weight is 316 g/mol. The zero-order valence-electron chi connectivity index (χ0n) is 12.6. The molecule has 1 aliphatic heterocycles. The summed E-state index contributed by atoms with van der Waals surface area (Å²) in [5.74, 6) is -1.35. The maximum absolute atomic E-state index is 12.6. The van der Waals surface area contributed by atoms with Gasteiger partial charge in [0.05, 0.1) is 17.2 Å². The van der Waals surface area contributed by atoms with Crippen LogP contribution in [0.4, 0.5) is 0 Å². The second-order valence-electron chi connectivity index (χ2n) is 5.34. The smallest absolute Gasteiger partial charge is 0.308 e. The van der Waals surface area contributed by atoms with Crippen molar-refractivity contribution in [1.29, 1.82) is 0 Å². The molecule has 6 nitrogen and oxygen atoms in total. The largest absolute Gasteiger partial charge is 0.481 e. The van der Waals surface area contributed by atoms with Crippen LogP contribution in [-0.2, 0) is 11.3 Å². The Hall–Kier alpha value is -1.56. The Morgan fingerprint density at radius 1 is 1.38 bits per heavy atom. The predicted octanol–water partition coefficient (Wildman–Crippen LogP) is 1.88. The molecule has 1 atom stereocenters. The number of amides is 1. The van der Waals surface area contributed by atoms with E-state index >= 15 is 0 Å². The molecule has 118 valence electrons. The number of hydrogen-bond donors (Lipinski definition) is 1. The molecule has 1 amide bonds. The molecular weight excluding hydrogens is 294 g/mol. The lowest BCUT2D eigenvalue weighted by atomic mass is 10.1. The van der Waals surface area contributed by atoms with Crippen LogP contribution in [0.2, 0.25) is 0 Å². The summed E-state index contributed by atoms with van der Waals surface area (Å²) in [6.07, 6.45) is 1.49. The molecule has 0 spiro atoms. The molecule has 1 fully saturated rings. The van der Waals surface area contributed by atoms with Gasteiger partial charge in [-0.25, -0.2) is 0 Å². The lowest BCUT2D eigenvalue weighted by Gasteiger charge is -2.16. The summed E-state index contributed by atoms with van der Waals surface area (Å²) in [6.45, 7) is 7.39. The Bertz CT molecular complexity index is 542. The van der Waals surface area contributed by atoms with Crippen LogP contribution in [0.3, 0.4) is 0 Å². The van der Waals surface area contributed by atoms with Gasteiger partial charge in [-0.05, 0) is 26.7 Å². The van der Waals surface area contributed by atoms with E-state index in [4.69, 9.17) is 5.11 Å². The normalized spacial score (nSPS) is 17.7. The highest BCUT2D eigenvalue weighted by atomic mass is 35.5. The fourth-order valence-electron chi connectivity index (χ4n) is 2.74. The fraction of sp³-hybridized carbons (Fsp3) is 0.643. The standard InChI is InChI=1S/C14H21N3O3.ClH/c1-4-6-17-10(3)12(9(2)15-17)13(18)16-7-5-11(8-16)14(19)20;/h11H,4-8H2,1-3H3,(H,19,20);1H. The summed E-state index contributed by atoms with van der Waals surface area (Å²) in [4.78, 5) is 25.2. The third kappa shape index (κ3) is 3.37. The van der Waals surface area contributed by atoms with Crippen LogP contribution in [0.25, 0.3) is 0 Å². The van der Waals surface area contributed by atoms with E-state index in [0.717, 1.165) is 24.4 Å². The summed E-state index contributed by atoms with van der Waals surface area (Å²) >= 11 is 0. The lowest BCUT2D eigenvalue weighted by molar-refractivity contribution is -0.141. The van der Waals surface area contributed by atoms with Crippen LogP contribution in [0.15, 0.2) is 0 Å². The molecule has 0 saturated carbocycles. The number of aromatic nitrogens is 2. The molecular formula is C14H22ClN3O3. The Balaban J connectivity index is 0.00000220. The quantitative estimate of drug-likeness (QED) is 0.920. The number of carboxylic acids is 1. The summed E-state index contributed by atoms with van der Waals surface area (Å²) in [7, 11) is 0. The maximum atomic E-state index is 12.6. The number of carbonyl (C=O) groups is 2. The number of aliphatic carboxylic acids is 1.